The third kappa shape index (κ3) is 4.55. The van der Waals surface area contributed by atoms with Crippen LogP contribution in [0, 0.1) is 13.8 Å². The minimum Gasteiger partial charge on any atom is -0.404 e. The van der Waals surface area contributed by atoms with E-state index < -0.39 is 5.97 Å². The van der Waals surface area contributed by atoms with Crippen LogP contribution in [0.5, 0.6) is 5.88 Å². The maximum atomic E-state index is 12.4. The zero-order valence-electron chi connectivity index (χ0n) is 14.2. The van der Waals surface area contributed by atoms with E-state index in [1.165, 1.54) is 6.20 Å². The Bertz CT molecular complexity index is 758. The summed E-state index contributed by atoms with van der Waals surface area (Å²) in [6.45, 7) is 6.69. The number of esters is 1. The molecule has 0 unspecified atom stereocenters. The predicted octanol–water partition coefficient (Wildman–Crippen LogP) is 4.18. The van der Waals surface area contributed by atoms with E-state index in [0.29, 0.717) is 10.6 Å². The number of ether oxygens (including phenoxy) is 1. The number of benzene rings is 1. The van der Waals surface area contributed by atoms with Crippen molar-refractivity contribution in [1.82, 2.24) is 9.88 Å². The van der Waals surface area contributed by atoms with Gasteiger partial charge in [0, 0.05) is 25.9 Å². The first-order valence-electron chi connectivity index (χ1n) is 7.60. The normalized spacial score (nSPS) is 10.9. The number of aliphatic imine (C=N–C) groups is 1. The average molecular weight is 346 g/mol. The topological polar surface area (TPSA) is 54.8 Å². The molecule has 1 aromatic heterocycles. The van der Waals surface area contributed by atoms with Crippen molar-refractivity contribution in [2.24, 2.45) is 4.99 Å². The largest absolute Gasteiger partial charge is 0.404 e. The lowest BCUT2D eigenvalue weighted by Crippen LogP contribution is -2.14. The van der Waals surface area contributed by atoms with Gasteiger partial charge in [-0.05, 0) is 50.1 Å². The molecule has 0 saturated heterocycles. The van der Waals surface area contributed by atoms with Crippen LogP contribution in [0.15, 0.2) is 35.5 Å². The molecule has 0 N–H and O–H groups in total. The van der Waals surface area contributed by atoms with Crippen molar-refractivity contribution in [2.45, 2.75) is 20.8 Å². The van der Waals surface area contributed by atoms with Gasteiger partial charge in [-0.3, -0.25) is 0 Å². The fraction of sp³-hybridized carbons (Fsp3) is 0.278. The summed E-state index contributed by atoms with van der Waals surface area (Å²) in [6, 6.07) is 6.84. The second kappa shape index (κ2) is 7.93. The lowest BCUT2D eigenvalue weighted by Gasteiger charge is -2.11. The van der Waals surface area contributed by atoms with Gasteiger partial charge in [0.15, 0.2) is 0 Å². The summed E-state index contributed by atoms with van der Waals surface area (Å²) in [5.74, 6) is -0.236. The maximum Gasteiger partial charge on any atom is 0.345 e. The van der Waals surface area contributed by atoms with Crippen LogP contribution in [-0.2, 0) is 0 Å². The van der Waals surface area contributed by atoms with Crippen LogP contribution in [0.25, 0.3) is 0 Å². The fourth-order valence-electron chi connectivity index (χ4n) is 1.97. The molecule has 2 rings (SSSR count). The number of carbonyl (C=O) groups excluding carboxylic acids is 1. The first-order valence-corrected chi connectivity index (χ1v) is 7.98. The van der Waals surface area contributed by atoms with Crippen molar-refractivity contribution >= 4 is 29.6 Å². The fourth-order valence-corrected chi connectivity index (χ4v) is 2.09. The van der Waals surface area contributed by atoms with Gasteiger partial charge < -0.3 is 9.64 Å². The summed E-state index contributed by atoms with van der Waals surface area (Å²) >= 11 is 5.77. The molecule has 6 heteroatoms. The van der Waals surface area contributed by atoms with Crippen LogP contribution < -0.4 is 4.74 Å². The van der Waals surface area contributed by atoms with Gasteiger partial charge in [-0.1, -0.05) is 11.6 Å². The van der Waals surface area contributed by atoms with E-state index in [0.717, 1.165) is 23.4 Å². The second-order valence-electron chi connectivity index (χ2n) is 5.48. The Kier molecular flexibility index (Phi) is 5.93. The van der Waals surface area contributed by atoms with Crippen LogP contribution in [0.4, 0.5) is 5.69 Å². The van der Waals surface area contributed by atoms with Gasteiger partial charge in [0.1, 0.15) is 0 Å². The van der Waals surface area contributed by atoms with Crippen LogP contribution in [0.1, 0.15) is 28.4 Å². The number of carbonyl (C=O) groups is 1. The number of hydrogen-bond donors (Lipinski definition) is 0. The highest BCUT2D eigenvalue weighted by molar-refractivity contribution is 6.30. The molecule has 0 spiro atoms. The molecular weight excluding hydrogens is 326 g/mol. The highest BCUT2D eigenvalue weighted by Crippen LogP contribution is 2.24. The molecular formula is C18H20ClN3O2. The Labute approximate surface area is 146 Å². The average Bonchev–Trinajstić information content (AvgIpc) is 2.56. The minimum absolute atomic E-state index is 0.216. The maximum absolute atomic E-state index is 12.4. The molecule has 0 aliphatic rings. The van der Waals surface area contributed by atoms with E-state index in [-0.39, 0.29) is 5.88 Å². The third-order valence-electron chi connectivity index (χ3n) is 3.55. The molecule has 0 aliphatic heterocycles. The Morgan fingerprint density at radius 1 is 1.33 bits per heavy atom. The molecule has 5 nitrogen and oxygen atoms in total. The van der Waals surface area contributed by atoms with Crippen molar-refractivity contribution in [2.75, 3.05) is 13.6 Å². The third-order valence-corrected chi connectivity index (χ3v) is 3.78. The Hall–Kier alpha value is -2.40. The first kappa shape index (κ1) is 17.9. The number of rotatable bonds is 5. The summed E-state index contributed by atoms with van der Waals surface area (Å²) in [4.78, 5) is 22.8. The van der Waals surface area contributed by atoms with E-state index in [9.17, 15) is 4.79 Å². The SMILES string of the molecule is CCN(C)/C=N/c1cc(C)c(C(=O)Oc2ccc(Cl)cn2)cc1C. The number of halogens is 1. The van der Waals surface area contributed by atoms with Crippen molar-refractivity contribution in [3.05, 3.63) is 52.2 Å². The minimum atomic E-state index is -0.452. The molecule has 126 valence electrons. The highest BCUT2D eigenvalue weighted by atomic mass is 35.5. The molecule has 1 aromatic carbocycles. The number of aromatic nitrogens is 1. The van der Waals surface area contributed by atoms with E-state index in [1.54, 1.807) is 24.5 Å². The molecule has 0 aliphatic carbocycles. The number of nitrogens with zero attached hydrogens (tertiary/aromatic N) is 3. The van der Waals surface area contributed by atoms with Gasteiger partial charge >= 0.3 is 5.97 Å². The van der Waals surface area contributed by atoms with Crippen LogP contribution in [0.3, 0.4) is 0 Å². The molecule has 1 heterocycles. The van der Waals surface area contributed by atoms with Crippen LogP contribution in [0.2, 0.25) is 5.02 Å². The summed E-state index contributed by atoms with van der Waals surface area (Å²) in [5.41, 5.74) is 3.02. The Balaban J connectivity index is 2.21. The van der Waals surface area contributed by atoms with Crippen molar-refractivity contribution in [3.63, 3.8) is 0 Å². The van der Waals surface area contributed by atoms with Crippen molar-refractivity contribution in [1.29, 1.82) is 0 Å². The van der Waals surface area contributed by atoms with Crippen LogP contribution in [-0.4, -0.2) is 35.8 Å². The van der Waals surface area contributed by atoms with Crippen molar-refractivity contribution in [3.8, 4) is 5.88 Å². The lowest BCUT2D eigenvalue weighted by molar-refractivity contribution is 0.0726. The molecule has 0 fully saturated rings. The summed E-state index contributed by atoms with van der Waals surface area (Å²) in [5, 5.41) is 0.487. The van der Waals surface area contributed by atoms with E-state index in [2.05, 4.69) is 9.98 Å². The summed E-state index contributed by atoms with van der Waals surface area (Å²) < 4.78 is 5.29. The summed E-state index contributed by atoms with van der Waals surface area (Å²) in [7, 11) is 1.95. The Morgan fingerprint density at radius 2 is 2.08 bits per heavy atom. The number of aryl methyl sites for hydroxylation is 2. The van der Waals surface area contributed by atoms with Gasteiger partial charge in [-0.2, -0.15) is 0 Å². The van der Waals surface area contributed by atoms with Crippen LogP contribution >= 0.6 is 11.6 Å². The molecule has 0 bridgehead atoms. The second-order valence-corrected chi connectivity index (χ2v) is 5.91. The smallest absolute Gasteiger partial charge is 0.345 e. The molecule has 0 atom stereocenters. The molecule has 24 heavy (non-hydrogen) atoms. The quantitative estimate of drug-likeness (QED) is 0.463. The van der Waals surface area contributed by atoms with E-state index >= 15 is 0 Å². The number of hydrogen-bond acceptors (Lipinski definition) is 4. The van der Waals surface area contributed by atoms with Gasteiger partial charge in [0.05, 0.1) is 22.6 Å². The lowest BCUT2D eigenvalue weighted by atomic mass is 10.0. The first-order chi connectivity index (χ1) is 11.4. The van der Waals surface area contributed by atoms with E-state index in [1.807, 2.05) is 38.8 Å². The van der Waals surface area contributed by atoms with E-state index in [4.69, 9.17) is 16.3 Å². The molecule has 0 saturated carbocycles. The van der Waals surface area contributed by atoms with Crippen molar-refractivity contribution < 1.29 is 9.53 Å². The predicted molar refractivity (Wildman–Crippen MR) is 96.6 cm³/mol. The van der Waals surface area contributed by atoms with Gasteiger partial charge in [0.25, 0.3) is 0 Å². The Morgan fingerprint density at radius 3 is 2.71 bits per heavy atom. The zero-order chi connectivity index (χ0) is 17.7. The molecule has 0 amide bonds. The van der Waals surface area contributed by atoms with Gasteiger partial charge in [0.2, 0.25) is 5.88 Å². The van der Waals surface area contributed by atoms with Gasteiger partial charge in [-0.25, -0.2) is 14.8 Å². The highest BCUT2D eigenvalue weighted by Gasteiger charge is 2.14. The molecule has 2 aromatic rings. The molecule has 0 radical (unpaired) electrons. The zero-order valence-corrected chi connectivity index (χ0v) is 15.0. The monoisotopic (exact) mass is 345 g/mol. The van der Waals surface area contributed by atoms with Gasteiger partial charge in [-0.15, -0.1) is 0 Å². The standard InChI is InChI=1S/C18H20ClN3O2/c1-5-22(4)11-21-16-9-12(2)15(8-13(16)3)18(23)24-17-7-6-14(19)10-20-17/h6-11H,5H2,1-4H3/b21-11+. The summed E-state index contributed by atoms with van der Waals surface area (Å²) in [6.07, 6.45) is 3.21. The number of pyridine rings is 1.